The Morgan fingerprint density at radius 2 is 1.96 bits per heavy atom. The van der Waals surface area contributed by atoms with Gasteiger partial charge >= 0.3 is 0 Å². The predicted octanol–water partition coefficient (Wildman–Crippen LogP) is 4.79. The van der Waals surface area contributed by atoms with Crippen LogP contribution in [0.2, 0.25) is 0 Å². The Balaban J connectivity index is 1.73. The molecule has 28 heavy (non-hydrogen) atoms. The number of carbonyl (C=O) groups excluding carboxylic acids is 1. The number of para-hydroxylation sites is 2. The Labute approximate surface area is 164 Å². The molecule has 138 valence electrons. The van der Waals surface area contributed by atoms with Crippen molar-refractivity contribution in [1.82, 2.24) is 4.98 Å². The van der Waals surface area contributed by atoms with E-state index in [0.29, 0.717) is 18.8 Å². The van der Waals surface area contributed by atoms with Crippen molar-refractivity contribution >= 4 is 17.3 Å². The fourth-order valence-corrected chi connectivity index (χ4v) is 3.46. The van der Waals surface area contributed by atoms with Crippen LogP contribution in [0.3, 0.4) is 0 Å². The molecule has 1 aliphatic rings. The number of amides is 1. The van der Waals surface area contributed by atoms with Gasteiger partial charge in [0.15, 0.2) is 5.69 Å². The molecule has 2 heterocycles. The van der Waals surface area contributed by atoms with E-state index in [1.54, 1.807) is 17.2 Å². The van der Waals surface area contributed by atoms with Crippen molar-refractivity contribution in [2.24, 2.45) is 0 Å². The van der Waals surface area contributed by atoms with E-state index in [1.165, 1.54) is 0 Å². The molecule has 5 nitrogen and oxygen atoms in total. The van der Waals surface area contributed by atoms with Gasteiger partial charge in [-0.15, -0.1) is 0 Å². The number of ether oxygens (including phenoxy) is 1. The Bertz CT molecular complexity index is 1090. The Morgan fingerprint density at radius 1 is 1.18 bits per heavy atom. The topological polar surface area (TPSA) is 46.8 Å². The molecule has 2 aromatic carbocycles. The van der Waals surface area contributed by atoms with Crippen LogP contribution >= 0.6 is 0 Å². The highest BCUT2D eigenvalue weighted by molar-refractivity contribution is 6.01. The van der Waals surface area contributed by atoms with Gasteiger partial charge in [0, 0.05) is 23.9 Å². The van der Waals surface area contributed by atoms with E-state index in [1.807, 2.05) is 55.5 Å². The monoisotopic (exact) mass is 369 g/mol. The van der Waals surface area contributed by atoms with Crippen molar-refractivity contribution in [3.05, 3.63) is 83.5 Å². The summed E-state index contributed by atoms with van der Waals surface area (Å²) < 4.78 is 5.74. The number of hydrogen-bond donors (Lipinski definition) is 0. The van der Waals surface area contributed by atoms with Crippen molar-refractivity contribution in [3.8, 4) is 16.9 Å². The lowest BCUT2D eigenvalue weighted by Gasteiger charge is -2.19. The van der Waals surface area contributed by atoms with Crippen LogP contribution in [0.25, 0.3) is 16.0 Å². The van der Waals surface area contributed by atoms with Crippen LogP contribution in [-0.4, -0.2) is 17.5 Å². The lowest BCUT2D eigenvalue weighted by atomic mass is 10.1. The van der Waals surface area contributed by atoms with Gasteiger partial charge < -0.3 is 9.64 Å². The Hall–Kier alpha value is -3.65. The van der Waals surface area contributed by atoms with Crippen LogP contribution < -0.4 is 9.64 Å². The normalized spacial score (nSPS) is 12.6. The lowest BCUT2D eigenvalue weighted by Crippen LogP contribution is -2.26. The molecule has 3 aromatic rings. The SMILES string of the molecule is [C-]#[N+]c1ccccc1CN1C(=O)Cc2ncc(-c3ccccc3OCC)cc21. The van der Waals surface area contributed by atoms with Crippen molar-refractivity contribution in [2.75, 3.05) is 11.5 Å². The number of pyridine rings is 1. The quantitative estimate of drug-likeness (QED) is 0.608. The third-order valence-electron chi connectivity index (χ3n) is 4.80. The molecular weight excluding hydrogens is 350 g/mol. The van der Waals surface area contributed by atoms with Crippen LogP contribution in [0.5, 0.6) is 5.75 Å². The van der Waals surface area contributed by atoms with Crippen molar-refractivity contribution in [1.29, 1.82) is 0 Å². The molecule has 1 aliphatic heterocycles. The second kappa shape index (κ2) is 7.53. The van der Waals surface area contributed by atoms with E-state index >= 15 is 0 Å². The first kappa shape index (κ1) is 17.7. The number of aromatic nitrogens is 1. The Kier molecular flexibility index (Phi) is 4.77. The number of fused-ring (bicyclic) bond motifs is 1. The molecule has 0 aliphatic carbocycles. The highest BCUT2D eigenvalue weighted by Crippen LogP contribution is 2.36. The summed E-state index contributed by atoms with van der Waals surface area (Å²) >= 11 is 0. The molecule has 5 heteroatoms. The van der Waals surface area contributed by atoms with Gasteiger partial charge in [-0.1, -0.05) is 42.5 Å². The third-order valence-corrected chi connectivity index (χ3v) is 4.80. The van der Waals surface area contributed by atoms with Gasteiger partial charge in [0.2, 0.25) is 5.91 Å². The first-order valence-electron chi connectivity index (χ1n) is 9.18. The van der Waals surface area contributed by atoms with Crippen LogP contribution in [0.4, 0.5) is 11.4 Å². The maximum atomic E-state index is 12.6. The van der Waals surface area contributed by atoms with E-state index in [2.05, 4.69) is 9.83 Å². The average Bonchev–Trinajstić information content (AvgIpc) is 3.03. The number of carbonyl (C=O) groups is 1. The lowest BCUT2D eigenvalue weighted by molar-refractivity contribution is -0.117. The first-order valence-corrected chi connectivity index (χ1v) is 9.18. The summed E-state index contributed by atoms with van der Waals surface area (Å²) in [5.41, 5.74) is 4.81. The number of hydrogen-bond acceptors (Lipinski definition) is 3. The zero-order valence-electron chi connectivity index (χ0n) is 15.6. The van der Waals surface area contributed by atoms with Crippen molar-refractivity contribution < 1.29 is 9.53 Å². The number of anilines is 1. The van der Waals surface area contributed by atoms with Crippen LogP contribution in [0, 0.1) is 6.57 Å². The molecular formula is C23H19N3O2. The zero-order chi connectivity index (χ0) is 19.5. The average molecular weight is 369 g/mol. The Morgan fingerprint density at radius 3 is 2.79 bits per heavy atom. The van der Waals surface area contributed by atoms with Gasteiger partial charge in [-0.05, 0) is 24.6 Å². The van der Waals surface area contributed by atoms with Gasteiger partial charge in [-0.25, -0.2) is 4.85 Å². The van der Waals surface area contributed by atoms with Gasteiger partial charge in [0.05, 0.1) is 31.0 Å². The molecule has 0 bridgehead atoms. The molecule has 0 N–H and O–H groups in total. The number of benzene rings is 2. The molecule has 0 saturated heterocycles. The highest BCUT2D eigenvalue weighted by atomic mass is 16.5. The minimum absolute atomic E-state index is 0.00229. The molecule has 1 aromatic heterocycles. The largest absolute Gasteiger partial charge is 0.493 e. The summed E-state index contributed by atoms with van der Waals surface area (Å²) in [7, 11) is 0. The standard InChI is InChI=1S/C23H19N3O2/c1-3-28-22-11-7-5-9-18(22)17-12-21-20(25-14-17)13-23(27)26(21)15-16-8-4-6-10-19(16)24-2/h4-12,14H,3,13,15H2,1H3. The molecule has 1 amide bonds. The fourth-order valence-electron chi connectivity index (χ4n) is 3.46. The second-order valence-electron chi connectivity index (χ2n) is 6.52. The summed E-state index contributed by atoms with van der Waals surface area (Å²) in [6, 6.07) is 17.2. The minimum Gasteiger partial charge on any atom is -0.493 e. The van der Waals surface area contributed by atoms with Gasteiger partial charge in [-0.3, -0.25) is 9.78 Å². The molecule has 0 unspecified atom stereocenters. The number of nitrogens with zero attached hydrogens (tertiary/aromatic N) is 3. The van der Waals surface area contributed by atoms with Gasteiger partial charge in [-0.2, -0.15) is 0 Å². The zero-order valence-corrected chi connectivity index (χ0v) is 15.6. The summed E-state index contributed by atoms with van der Waals surface area (Å²) in [4.78, 5) is 22.5. The summed E-state index contributed by atoms with van der Waals surface area (Å²) in [6.45, 7) is 10.3. The summed E-state index contributed by atoms with van der Waals surface area (Å²) in [5.74, 6) is 0.790. The molecule has 4 rings (SSSR count). The van der Waals surface area contributed by atoms with Crippen molar-refractivity contribution in [2.45, 2.75) is 19.9 Å². The van der Waals surface area contributed by atoms with E-state index in [9.17, 15) is 4.79 Å². The molecule has 0 spiro atoms. The predicted molar refractivity (Wildman–Crippen MR) is 108 cm³/mol. The van der Waals surface area contributed by atoms with Crippen LogP contribution in [-0.2, 0) is 17.8 Å². The molecule has 0 atom stereocenters. The van der Waals surface area contributed by atoms with E-state index in [0.717, 1.165) is 33.8 Å². The summed E-state index contributed by atoms with van der Waals surface area (Å²) in [5, 5.41) is 0. The number of rotatable bonds is 5. The molecule has 0 fully saturated rings. The second-order valence-corrected chi connectivity index (χ2v) is 6.52. The molecule has 0 radical (unpaired) electrons. The van der Waals surface area contributed by atoms with E-state index < -0.39 is 0 Å². The van der Waals surface area contributed by atoms with E-state index in [-0.39, 0.29) is 12.3 Å². The summed E-state index contributed by atoms with van der Waals surface area (Å²) in [6.07, 6.45) is 2.07. The third kappa shape index (κ3) is 3.21. The van der Waals surface area contributed by atoms with Gasteiger partial charge in [0.1, 0.15) is 5.75 Å². The van der Waals surface area contributed by atoms with Crippen LogP contribution in [0.15, 0.2) is 60.8 Å². The van der Waals surface area contributed by atoms with Crippen LogP contribution in [0.1, 0.15) is 18.2 Å². The first-order chi connectivity index (χ1) is 13.7. The smallest absolute Gasteiger partial charge is 0.233 e. The maximum absolute atomic E-state index is 12.6. The highest BCUT2D eigenvalue weighted by Gasteiger charge is 2.29. The molecule has 0 saturated carbocycles. The van der Waals surface area contributed by atoms with Gasteiger partial charge in [0.25, 0.3) is 0 Å². The van der Waals surface area contributed by atoms with Crippen molar-refractivity contribution in [3.63, 3.8) is 0 Å². The van der Waals surface area contributed by atoms with E-state index in [4.69, 9.17) is 11.3 Å². The minimum atomic E-state index is -0.00229. The fraction of sp³-hybridized carbons (Fsp3) is 0.174. The maximum Gasteiger partial charge on any atom is 0.233 e.